The SMILES string of the molecule is COc1cc(/C=C2\SC(=O)N(c3ccccc3Cl)C2=O)cc(Br)c1OCc1ccccc1F. The second kappa shape index (κ2) is 9.99. The average molecular weight is 549 g/mol. The molecule has 4 rings (SSSR count). The van der Waals surface area contributed by atoms with E-state index in [1.54, 1.807) is 60.7 Å². The lowest BCUT2D eigenvalue weighted by molar-refractivity contribution is -0.113. The van der Waals surface area contributed by atoms with E-state index < -0.39 is 11.1 Å². The van der Waals surface area contributed by atoms with Gasteiger partial charge in [-0.15, -0.1) is 0 Å². The van der Waals surface area contributed by atoms with Crippen LogP contribution >= 0.6 is 39.3 Å². The Hall–Kier alpha value is -2.81. The van der Waals surface area contributed by atoms with E-state index in [4.69, 9.17) is 21.1 Å². The van der Waals surface area contributed by atoms with Gasteiger partial charge < -0.3 is 9.47 Å². The lowest BCUT2D eigenvalue weighted by Crippen LogP contribution is -2.27. The Morgan fingerprint density at radius 1 is 1.12 bits per heavy atom. The van der Waals surface area contributed by atoms with Crippen LogP contribution in [0.3, 0.4) is 0 Å². The number of carbonyl (C=O) groups excluding carboxylic acids is 2. The third-order valence-electron chi connectivity index (χ3n) is 4.77. The number of ether oxygens (including phenoxy) is 2. The maximum absolute atomic E-state index is 13.9. The van der Waals surface area contributed by atoms with Crippen molar-refractivity contribution >= 4 is 62.2 Å². The van der Waals surface area contributed by atoms with Crippen LogP contribution in [-0.2, 0) is 11.4 Å². The maximum Gasteiger partial charge on any atom is 0.298 e. The van der Waals surface area contributed by atoms with E-state index in [1.807, 2.05) is 0 Å². The molecule has 1 fully saturated rings. The lowest BCUT2D eigenvalue weighted by atomic mass is 10.1. The number of imide groups is 1. The Balaban J connectivity index is 1.60. The molecule has 1 aliphatic heterocycles. The summed E-state index contributed by atoms with van der Waals surface area (Å²) in [6, 6.07) is 16.4. The van der Waals surface area contributed by atoms with E-state index >= 15 is 0 Å². The van der Waals surface area contributed by atoms with E-state index in [1.165, 1.54) is 13.2 Å². The highest BCUT2D eigenvalue weighted by Crippen LogP contribution is 2.41. The van der Waals surface area contributed by atoms with Gasteiger partial charge in [0.1, 0.15) is 12.4 Å². The van der Waals surface area contributed by atoms with Gasteiger partial charge in [-0.05, 0) is 69.7 Å². The number of para-hydroxylation sites is 1. The van der Waals surface area contributed by atoms with E-state index in [0.29, 0.717) is 37.8 Å². The van der Waals surface area contributed by atoms with Crippen LogP contribution in [0.4, 0.5) is 14.9 Å². The van der Waals surface area contributed by atoms with Crippen LogP contribution in [0.1, 0.15) is 11.1 Å². The van der Waals surface area contributed by atoms with Crippen molar-refractivity contribution in [3.05, 3.63) is 92.0 Å². The minimum absolute atomic E-state index is 0.0116. The number of amides is 2. The van der Waals surface area contributed by atoms with Crippen LogP contribution in [0.2, 0.25) is 5.02 Å². The van der Waals surface area contributed by atoms with Crippen molar-refractivity contribution < 1.29 is 23.5 Å². The standard InChI is InChI=1S/C24H16BrClFNO4S/c1-31-20-11-14(10-16(25)22(20)32-13-15-6-2-4-8-18(15)27)12-21-23(29)28(24(30)33-21)19-9-5-3-7-17(19)26/h2-12H,13H2,1H3/b21-12-. The molecule has 0 aromatic heterocycles. The molecule has 33 heavy (non-hydrogen) atoms. The highest BCUT2D eigenvalue weighted by molar-refractivity contribution is 9.10. The molecule has 0 aliphatic carbocycles. The monoisotopic (exact) mass is 547 g/mol. The molecular weight excluding hydrogens is 533 g/mol. The smallest absolute Gasteiger partial charge is 0.298 e. The molecule has 3 aromatic carbocycles. The highest BCUT2D eigenvalue weighted by Gasteiger charge is 2.37. The molecule has 0 atom stereocenters. The van der Waals surface area contributed by atoms with Gasteiger partial charge in [-0.1, -0.05) is 41.9 Å². The van der Waals surface area contributed by atoms with Crippen LogP contribution in [0.25, 0.3) is 6.08 Å². The van der Waals surface area contributed by atoms with Gasteiger partial charge in [0.2, 0.25) is 0 Å². The zero-order valence-corrected chi connectivity index (χ0v) is 20.3. The zero-order chi connectivity index (χ0) is 23.5. The molecular formula is C24H16BrClFNO4S. The molecule has 0 N–H and O–H groups in total. The van der Waals surface area contributed by atoms with Crippen LogP contribution < -0.4 is 14.4 Å². The Labute approximate surface area is 207 Å². The van der Waals surface area contributed by atoms with Gasteiger partial charge in [0, 0.05) is 5.56 Å². The third kappa shape index (κ3) is 4.93. The number of halogens is 3. The lowest BCUT2D eigenvalue weighted by Gasteiger charge is -2.14. The van der Waals surface area contributed by atoms with Crippen LogP contribution in [-0.4, -0.2) is 18.3 Å². The largest absolute Gasteiger partial charge is 0.493 e. The molecule has 0 saturated carbocycles. The quantitative estimate of drug-likeness (QED) is 0.308. The number of benzene rings is 3. The second-order valence-electron chi connectivity index (χ2n) is 6.88. The molecule has 3 aromatic rings. The molecule has 0 spiro atoms. The number of anilines is 1. The van der Waals surface area contributed by atoms with Crippen LogP contribution in [0.5, 0.6) is 11.5 Å². The number of rotatable bonds is 6. The summed E-state index contributed by atoms with van der Waals surface area (Å²) in [5.41, 5.74) is 1.35. The first-order valence-corrected chi connectivity index (χ1v) is 11.6. The number of carbonyl (C=O) groups is 2. The molecule has 1 aliphatic rings. The summed E-state index contributed by atoms with van der Waals surface area (Å²) >= 11 is 10.4. The normalized spacial score (nSPS) is 14.8. The Morgan fingerprint density at radius 3 is 2.58 bits per heavy atom. The molecule has 0 bridgehead atoms. The van der Waals surface area contributed by atoms with Crippen molar-refractivity contribution in [3.63, 3.8) is 0 Å². The molecule has 9 heteroatoms. The molecule has 1 saturated heterocycles. The minimum Gasteiger partial charge on any atom is -0.493 e. The topological polar surface area (TPSA) is 55.8 Å². The predicted molar refractivity (Wildman–Crippen MR) is 131 cm³/mol. The summed E-state index contributed by atoms with van der Waals surface area (Å²) in [4.78, 5) is 26.7. The van der Waals surface area contributed by atoms with Gasteiger partial charge in [-0.3, -0.25) is 9.59 Å². The Bertz CT molecular complexity index is 1280. The second-order valence-corrected chi connectivity index (χ2v) is 9.14. The molecule has 2 amide bonds. The van der Waals surface area contributed by atoms with Crippen molar-refractivity contribution in [2.24, 2.45) is 0 Å². The van der Waals surface area contributed by atoms with Gasteiger partial charge in [0.05, 0.1) is 27.2 Å². The third-order valence-corrected chi connectivity index (χ3v) is 6.54. The Kier molecular flexibility index (Phi) is 7.07. The highest BCUT2D eigenvalue weighted by atomic mass is 79.9. The van der Waals surface area contributed by atoms with Crippen molar-refractivity contribution in [2.45, 2.75) is 6.61 Å². The number of nitrogens with zero attached hydrogens (tertiary/aromatic N) is 1. The Morgan fingerprint density at radius 2 is 1.85 bits per heavy atom. The summed E-state index contributed by atoms with van der Waals surface area (Å²) in [6.45, 7) is 0.0116. The fraction of sp³-hybridized carbons (Fsp3) is 0.0833. The molecule has 0 unspecified atom stereocenters. The van der Waals surface area contributed by atoms with Gasteiger partial charge in [0.15, 0.2) is 11.5 Å². The van der Waals surface area contributed by atoms with Crippen molar-refractivity contribution in [3.8, 4) is 11.5 Å². The molecule has 1 heterocycles. The minimum atomic E-state index is -0.465. The fourth-order valence-electron chi connectivity index (χ4n) is 3.19. The molecule has 0 radical (unpaired) electrons. The number of hydrogen-bond acceptors (Lipinski definition) is 5. The van der Waals surface area contributed by atoms with Gasteiger partial charge in [-0.2, -0.15) is 0 Å². The van der Waals surface area contributed by atoms with Crippen molar-refractivity contribution in [1.82, 2.24) is 0 Å². The van der Waals surface area contributed by atoms with Crippen LogP contribution in [0.15, 0.2) is 70.0 Å². The number of thioether (sulfide) groups is 1. The van der Waals surface area contributed by atoms with Gasteiger partial charge in [0.25, 0.3) is 11.1 Å². The number of methoxy groups -OCH3 is 1. The van der Waals surface area contributed by atoms with E-state index in [-0.39, 0.29) is 17.3 Å². The summed E-state index contributed by atoms with van der Waals surface area (Å²) in [6.07, 6.45) is 1.59. The molecule has 168 valence electrons. The summed E-state index contributed by atoms with van der Waals surface area (Å²) < 4.78 is 25.7. The molecule has 5 nitrogen and oxygen atoms in total. The van der Waals surface area contributed by atoms with Crippen molar-refractivity contribution in [2.75, 3.05) is 12.0 Å². The van der Waals surface area contributed by atoms with Crippen molar-refractivity contribution in [1.29, 1.82) is 0 Å². The van der Waals surface area contributed by atoms with E-state index in [9.17, 15) is 14.0 Å². The first-order valence-electron chi connectivity index (χ1n) is 9.65. The average Bonchev–Trinajstić information content (AvgIpc) is 3.06. The van der Waals surface area contributed by atoms with E-state index in [2.05, 4.69) is 15.9 Å². The fourth-order valence-corrected chi connectivity index (χ4v) is 4.82. The summed E-state index contributed by atoms with van der Waals surface area (Å²) in [5, 5.41) is -0.128. The number of hydrogen-bond donors (Lipinski definition) is 0. The summed E-state index contributed by atoms with van der Waals surface area (Å²) in [5.74, 6) is -0.0501. The van der Waals surface area contributed by atoms with Crippen LogP contribution in [0, 0.1) is 5.82 Å². The predicted octanol–water partition coefficient (Wildman–Crippen LogP) is 7.07. The summed E-state index contributed by atoms with van der Waals surface area (Å²) in [7, 11) is 1.48. The first-order chi connectivity index (χ1) is 15.9. The zero-order valence-electron chi connectivity index (χ0n) is 17.2. The van der Waals surface area contributed by atoms with Gasteiger partial charge >= 0.3 is 0 Å². The first kappa shape index (κ1) is 23.4. The van der Waals surface area contributed by atoms with Gasteiger partial charge in [-0.25, -0.2) is 9.29 Å². The van der Waals surface area contributed by atoms with E-state index in [0.717, 1.165) is 16.7 Å². The maximum atomic E-state index is 13.9.